The number of nitrogens with two attached hydrogens (primary N) is 1. The van der Waals surface area contributed by atoms with Crippen molar-refractivity contribution in [3.05, 3.63) is 35.4 Å². The Labute approximate surface area is 152 Å². The maximum atomic E-state index is 13.9. The van der Waals surface area contributed by atoms with Crippen molar-refractivity contribution in [1.29, 1.82) is 0 Å². The van der Waals surface area contributed by atoms with Crippen molar-refractivity contribution in [3.8, 4) is 0 Å². The predicted octanol–water partition coefficient (Wildman–Crippen LogP) is 1.80. The summed E-state index contributed by atoms with van der Waals surface area (Å²) in [5, 5.41) is 3.03. The SMILES string of the molecule is NC(C(=O)NC1CCCN(Cc2c(F)cccc2F)C1)C1CCOCC1. The summed E-state index contributed by atoms with van der Waals surface area (Å²) in [6.07, 6.45) is 3.33. The molecule has 26 heavy (non-hydrogen) atoms. The quantitative estimate of drug-likeness (QED) is 0.833. The van der Waals surface area contributed by atoms with E-state index in [1.165, 1.54) is 18.2 Å². The van der Waals surface area contributed by atoms with Crippen LogP contribution in [-0.2, 0) is 16.1 Å². The molecule has 2 atom stereocenters. The van der Waals surface area contributed by atoms with Crippen molar-refractivity contribution in [3.63, 3.8) is 0 Å². The summed E-state index contributed by atoms with van der Waals surface area (Å²) in [6, 6.07) is 3.34. The van der Waals surface area contributed by atoms with Crippen LogP contribution in [0.1, 0.15) is 31.2 Å². The van der Waals surface area contributed by atoms with Crippen LogP contribution in [0, 0.1) is 17.6 Å². The maximum Gasteiger partial charge on any atom is 0.237 e. The van der Waals surface area contributed by atoms with E-state index >= 15 is 0 Å². The minimum atomic E-state index is -0.530. The van der Waals surface area contributed by atoms with Crippen LogP contribution in [-0.4, -0.2) is 49.2 Å². The topological polar surface area (TPSA) is 67.6 Å². The lowest BCUT2D eigenvalue weighted by Gasteiger charge is -2.34. The fourth-order valence-corrected chi connectivity index (χ4v) is 3.81. The summed E-state index contributed by atoms with van der Waals surface area (Å²) in [7, 11) is 0. The van der Waals surface area contributed by atoms with Crippen molar-refractivity contribution in [2.75, 3.05) is 26.3 Å². The van der Waals surface area contributed by atoms with Gasteiger partial charge in [0.1, 0.15) is 11.6 Å². The van der Waals surface area contributed by atoms with Gasteiger partial charge in [-0.3, -0.25) is 9.69 Å². The third-order valence-corrected chi connectivity index (χ3v) is 5.37. The summed E-state index contributed by atoms with van der Waals surface area (Å²) in [5.41, 5.74) is 6.21. The van der Waals surface area contributed by atoms with Gasteiger partial charge in [0.2, 0.25) is 5.91 Å². The van der Waals surface area contributed by atoms with E-state index in [0.29, 0.717) is 19.8 Å². The van der Waals surface area contributed by atoms with E-state index in [9.17, 15) is 13.6 Å². The van der Waals surface area contributed by atoms with E-state index < -0.39 is 17.7 Å². The monoisotopic (exact) mass is 367 g/mol. The first-order valence-electron chi connectivity index (χ1n) is 9.33. The average molecular weight is 367 g/mol. The number of nitrogens with one attached hydrogen (secondary N) is 1. The predicted molar refractivity (Wildman–Crippen MR) is 94.3 cm³/mol. The highest BCUT2D eigenvalue weighted by Crippen LogP contribution is 2.20. The van der Waals surface area contributed by atoms with Gasteiger partial charge in [-0.2, -0.15) is 0 Å². The van der Waals surface area contributed by atoms with E-state index in [1.807, 2.05) is 4.90 Å². The van der Waals surface area contributed by atoms with Crippen molar-refractivity contribution >= 4 is 5.91 Å². The highest BCUT2D eigenvalue weighted by molar-refractivity contribution is 5.82. The van der Waals surface area contributed by atoms with Crippen LogP contribution in [0.2, 0.25) is 0 Å². The Hall–Kier alpha value is -1.57. The number of nitrogens with zero attached hydrogens (tertiary/aromatic N) is 1. The Bertz CT molecular complexity index is 603. The second kappa shape index (κ2) is 8.88. The zero-order valence-electron chi connectivity index (χ0n) is 14.9. The highest BCUT2D eigenvalue weighted by Gasteiger charge is 2.29. The normalized spacial score (nSPS) is 23.6. The van der Waals surface area contributed by atoms with Crippen LogP contribution in [0.15, 0.2) is 18.2 Å². The van der Waals surface area contributed by atoms with E-state index in [4.69, 9.17) is 10.5 Å². The summed E-state index contributed by atoms with van der Waals surface area (Å²) in [5.74, 6) is -1.05. The molecule has 1 aromatic rings. The van der Waals surface area contributed by atoms with Crippen molar-refractivity contribution < 1.29 is 18.3 Å². The van der Waals surface area contributed by atoms with Gasteiger partial charge in [-0.25, -0.2) is 8.78 Å². The molecule has 0 aromatic heterocycles. The van der Waals surface area contributed by atoms with Gasteiger partial charge in [0.05, 0.1) is 6.04 Å². The second-order valence-electron chi connectivity index (χ2n) is 7.26. The van der Waals surface area contributed by atoms with Crippen LogP contribution < -0.4 is 11.1 Å². The van der Waals surface area contributed by atoms with Gasteiger partial charge < -0.3 is 15.8 Å². The van der Waals surface area contributed by atoms with Gasteiger partial charge in [0.15, 0.2) is 0 Å². The molecule has 3 rings (SSSR count). The molecule has 7 heteroatoms. The zero-order valence-corrected chi connectivity index (χ0v) is 14.9. The summed E-state index contributed by atoms with van der Waals surface area (Å²) < 4.78 is 33.0. The van der Waals surface area contributed by atoms with Gasteiger partial charge in [0, 0.05) is 37.9 Å². The van der Waals surface area contributed by atoms with Crippen LogP contribution >= 0.6 is 0 Å². The molecule has 1 amide bonds. The van der Waals surface area contributed by atoms with Crippen molar-refractivity contribution in [2.45, 2.75) is 44.3 Å². The number of ether oxygens (including phenoxy) is 1. The molecule has 0 radical (unpaired) electrons. The fraction of sp³-hybridized carbons (Fsp3) is 0.632. The van der Waals surface area contributed by atoms with Crippen LogP contribution in [0.5, 0.6) is 0 Å². The highest BCUT2D eigenvalue weighted by atomic mass is 19.1. The molecule has 2 fully saturated rings. The lowest BCUT2D eigenvalue weighted by Crippen LogP contribution is -2.54. The summed E-state index contributed by atoms with van der Waals surface area (Å²) in [6.45, 7) is 2.83. The van der Waals surface area contributed by atoms with E-state index in [2.05, 4.69) is 5.32 Å². The number of amides is 1. The number of hydrogen-bond donors (Lipinski definition) is 2. The smallest absolute Gasteiger partial charge is 0.237 e. The van der Waals surface area contributed by atoms with Crippen molar-refractivity contribution in [1.82, 2.24) is 10.2 Å². The molecule has 3 N–H and O–H groups in total. The molecule has 0 saturated carbocycles. The number of benzene rings is 1. The van der Waals surface area contributed by atoms with E-state index in [1.54, 1.807) is 0 Å². The van der Waals surface area contributed by atoms with Gasteiger partial charge in [0.25, 0.3) is 0 Å². The first-order chi connectivity index (χ1) is 12.5. The first-order valence-corrected chi connectivity index (χ1v) is 9.33. The third kappa shape index (κ3) is 4.78. The fourth-order valence-electron chi connectivity index (χ4n) is 3.81. The largest absolute Gasteiger partial charge is 0.381 e. The number of halogens is 2. The lowest BCUT2D eigenvalue weighted by atomic mass is 9.91. The molecule has 144 valence electrons. The maximum absolute atomic E-state index is 13.9. The van der Waals surface area contributed by atoms with E-state index in [0.717, 1.165) is 32.2 Å². The number of hydrogen-bond acceptors (Lipinski definition) is 4. The zero-order chi connectivity index (χ0) is 18.5. The molecule has 2 aliphatic heterocycles. The van der Waals surface area contributed by atoms with Crippen LogP contribution in [0.3, 0.4) is 0 Å². The molecule has 1 aromatic carbocycles. The Morgan fingerprint density at radius 3 is 2.65 bits per heavy atom. The molecule has 0 aliphatic carbocycles. The standard InChI is InChI=1S/C19H27F2N3O2/c20-16-4-1-5-17(21)15(16)12-24-8-2-3-14(11-24)23-19(25)18(22)13-6-9-26-10-7-13/h1,4-5,13-14,18H,2-3,6-12,22H2,(H,23,25). The summed E-state index contributed by atoms with van der Waals surface area (Å²) >= 11 is 0. The molecule has 0 spiro atoms. The molecule has 2 unspecified atom stereocenters. The number of likely N-dealkylation sites (tertiary alicyclic amines) is 1. The molecule has 2 saturated heterocycles. The Morgan fingerprint density at radius 1 is 1.27 bits per heavy atom. The number of piperidine rings is 1. The Balaban J connectivity index is 1.54. The average Bonchev–Trinajstić information content (AvgIpc) is 2.65. The van der Waals surface area contributed by atoms with Gasteiger partial charge in [-0.1, -0.05) is 6.07 Å². The summed E-state index contributed by atoms with van der Waals surface area (Å²) in [4.78, 5) is 14.5. The number of carbonyl (C=O) groups excluding carboxylic acids is 1. The third-order valence-electron chi connectivity index (χ3n) is 5.37. The molecule has 5 nitrogen and oxygen atoms in total. The van der Waals surface area contributed by atoms with Crippen molar-refractivity contribution in [2.24, 2.45) is 11.7 Å². The molecular formula is C19H27F2N3O2. The second-order valence-corrected chi connectivity index (χ2v) is 7.26. The first kappa shape index (κ1) is 19.2. The lowest BCUT2D eigenvalue weighted by molar-refractivity contribution is -0.125. The van der Waals surface area contributed by atoms with Crippen LogP contribution in [0.25, 0.3) is 0 Å². The minimum absolute atomic E-state index is 0.0445. The van der Waals surface area contributed by atoms with E-state index in [-0.39, 0.29) is 30.0 Å². The molecule has 2 heterocycles. The van der Waals surface area contributed by atoms with Gasteiger partial charge in [-0.05, 0) is 50.3 Å². The molecule has 2 aliphatic rings. The molecular weight excluding hydrogens is 340 g/mol. The Morgan fingerprint density at radius 2 is 1.96 bits per heavy atom. The molecule has 0 bridgehead atoms. The number of carbonyl (C=O) groups is 1. The van der Waals surface area contributed by atoms with Crippen LogP contribution in [0.4, 0.5) is 8.78 Å². The number of rotatable bonds is 5. The van der Waals surface area contributed by atoms with Gasteiger partial charge in [-0.15, -0.1) is 0 Å². The Kier molecular flexibility index (Phi) is 6.56. The minimum Gasteiger partial charge on any atom is -0.381 e. The van der Waals surface area contributed by atoms with Gasteiger partial charge >= 0.3 is 0 Å².